The van der Waals surface area contributed by atoms with Gasteiger partial charge in [0.05, 0.1) is 5.69 Å². The molecule has 0 spiro atoms. The zero-order valence-corrected chi connectivity index (χ0v) is 27.3. The minimum atomic E-state index is -0.120. The fraction of sp³-hybridized carbons (Fsp3) is 0.128. The Balaban J connectivity index is 1.05. The number of hydrogen-bond donors (Lipinski definition) is 0. The molecule has 0 saturated heterocycles. The zero-order valence-electron chi connectivity index (χ0n) is 27.3. The number of fused-ring (bicyclic) bond motifs is 4. The molecular formula is C47H35N. The second-order valence-electron chi connectivity index (χ2n) is 14.2. The van der Waals surface area contributed by atoms with Crippen molar-refractivity contribution in [2.45, 2.75) is 38.5 Å². The number of aliphatic imine (C=N–C) groups is 1. The van der Waals surface area contributed by atoms with Crippen LogP contribution in [0.2, 0.25) is 0 Å². The van der Waals surface area contributed by atoms with E-state index in [9.17, 15) is 0 Å². The summed E-state index contributed by atoms with van der Waals surface area (Å²) < 4.78 is 0. The Morgan fingerprint density at radius 1 is 0.479 bits per heavy atom. The summed E-state index contributed by atoms with van der Waals surface area (Å²) in [5, 5.41) is 7.99. The maximum absolute atomic E-state index is 5.23. The zero-order chi connectivity index (χ0) is 32.0. The first-order valence-electron chi connectivity index (χ1n) is 17.3. The van der Waals surface area contributed by atoms with E-state index < -0.39 is 0 Å². The summed E-state index contributed by atoms with van der Waals surface area (Å²) in [6, 6.07) is 52.2. The van der Waals surface area contributed by atoms with Gasteiger partial charge in [-0.2, -0.15) is 0 Å². The molecule has 8 aromatic carbocycles. The predicted molar refractivity (Wildman–Crippen MR) is 204 cm³/mol. The Hall–Kier alpha value is -5.53. The Morgan fingerprint density at radius 3 is 1.90 bits per heavy atom. The molecule has 0 unspecified atom stereocenters. The Kier molecular flexibility index (Phi) is 5.88. The molecule has 48 heavy (non-hydrogen) atoms. The highest BCUT2D eigenvalue weighted by molar-refractivity contribution is 6.25. The molecule has 1 aliphatic heterocycles. The van der Waals surface area contributed by atoms with E-state index in [0.29, 0.717) is 0 Å². The average Bonchev–Trinajstić information content (AvgIpc) is 3.24. The van der Waals surface area contributed by atoms with Crippen molar-refractivity contribution in [2.75, 3.05) is 0 Å². The van der Waals surface area contributed by atoms with Gasteiger partial charge in [0.15, 0.2) is 0 Å². The smallest absolute Gasteiger partial charge is 0.0671 e. The molecule has 0 bridgehead atoms. The van der Waals surface area contributed by atoms with Gasteiger partial charge >= 0.3 is 0 Å². The monoisotopic (exact) mass is 613 g/mol. The number of hydrogen-bond acceptors (Lipinski definition) is 1. The highest BCUT2D eigenvalue weighted by Crippen LogP contribution is 2.51. The molecule has 1 nitrogen and oxygen atoms in total. The van der Waals surface area contributed by atoms with Crippen LogP contribution in [0, 0.1) is 0 Å². The molecule has 0 aromatic heterocycles. The van der Waals surface area contributed by atoms with E-state index >= 15 is 0 Å². The van der Waals surface area contributed by atoms with E-state index in [1.165, 1.54) is 93.7 Å². The maximum atomic E-state index is 5.23. The van der Waals surface area contributed by atoms with Gasteiger partial charge in [-0.15, -0.1) is 0 Å². The summed E-state index contributed by atoms with van der Waals surface area (Å²) in [5.74, 6) is 0. The van der Waals surface area contributed by atoms with Crippen LogP contribution in [0.3, 0.4) is 0 Å². The summed E-state index contributed by atoms with van der Waals surface area (Å²) in [6.07, 6.45) is 3.20. The lowest BCUT2D eigenvalue weighted by Gasteiger charge is -2.23. The van der Waals surface area contributed by atoms with Crippen LogP contribution in [-0.4, -0.2) is 5.71 Å². The van der Waals surface area contributed by atoms with Crippen LogP contribution < -0.4 is 0 Å². The van der Waals surface area contributed by atoms with Gasteiger partial charge in [-0.25, -0.2) is 0 Å². The lowest BCUT2D eigenvalue weighted by atomic mass is 9.80. The Bertz CT molecular complexity index is 2590. The molecule has 1 aliphatic carbocycles. The van der Waals surface area contributed by atoms with Crippen LogP contribution in [0.15, 0.2) is 145 Å². The first-order chi connectivity index (χ1) is 23.5. The molecule has 10 rings (SSSR count). The van der Waals surface area contributed by atoms with Gasteiger partial charge in [-0.1, -0.05) is 135 Å². The van der Waals surface area contributed by atoms with Crippen LogP contribution >= 0.6 is 0 Å². The minimum absolute atomic E-state index is 0.120. The van der Waals surface area contributed by atoms with Gasteiger partial charge in [0.1, 0.15) is 0 Å². The lowest BCUT2D eigenvalue weighted by molar-refractivity contribution is 0.661. The van der Waals surface area contributed by atoms with Crippen molar-refractivity contribution < 1.29 is 0 Å². The minimum Gasteiger partial charge on any atom is -0.253 e. The molecule has 1 heteroatoms. The van der Waals surface area contributed by atoms with Gasteiger partial charge < -0.3 is 0 Å². The normalized spacial score (nSPS) is 14.9. The Morgan fingerprint density at radius 2 is 1.10 bits per heavy atom. The number of rotatable bonds is 3. The quantitative estimate of drug-likeness (QED) is 0.176. The SMILES string of the molecule is CC1(C)c2cc(-c3ccc4c(c3)N=C(c3ccccc3)CCC4)ccc2-c2ccc(-c3ccc4ccc5cccc6ccc3c4c56)cc21. The van der Waals surface area contributed by atoms with E-state index in [-0.39, 0.29) is 5.41 Å². The standard InChI is InChI=1S/C47H35N/c1-47(2)41-26-34(35-17-14-30-10-7-13-43(48-44(30)28-35)29-8-4-3-5-9-29)20-23-38(41)39-24-21-36(27-42(39)47)37-22-18-33-16-15-31-11-6-12-32-19-25-40(37)46(33)45(31)32/h3-6,8-9,11-12,14-28H,7,10,13H2,1-2H3. The van der Waals surface area contributed by atoms with Gasteiger partial charge in [0.25, 0.3) is 0 Å². The van der Waals surface area contributed by atoms with Gasteiger partial charge in [-0.3, -0.25) is 4.99 Å². The third kappa shape index (κ3) is 4.07. The van der Waals surface area contributed by atoms with Crippen LogP contribution in [0.5, 0.6) is 0 Å². The van der Waals surface area contributed by atoms with Crippen molar-refractivity contribution in [3.63, 3.8) is 0 Å². The molecule has 228 valence electrons. The summed E-state index contributed by atoms with van der Waals surface area (Å²) in [4.78, 5) is 5.23. The Labute approximate surface area is 281 Å². The van der Waals surface area contributed by atoms with Crippen molar-refractivity contribution in [3.8, 4) is 33.4 Å². The van der Waals surface area contributed by atoms with Crippen molar-refractivity contribution in [3.05, 3.63) is 162 Å². The third-order valence-corrected chi connectivity index (χ3v) is 11.2. The highest BCUT2D eigenvalue weighted by Gasteiger charge is 2.36. The van der Waals surface area contributed by atoms with E-state index in [0.717, 1.165) is 24.9 Å². The van der Waals surface area contributed by atoms with Crippen molar-refractivity contribution >= 4 is 43.7 Å². The second-order valence-corrected chi connectivity index (χ2v) is 14.2. The molecule has 2 aliphatic rings. The molecule has 8 aromatic rings. The summed E-state index contributed by atoms with van der Waals surface area (Å²) in [6.45, 7) is 4.78. The van der Waals surface area contributed by atoms with Crippen LogP contribution in [0.25, 0.3) is 65.7 Å². The van der Waals surface area contributed by atoms with Crippen molar-refractivity contribution in [1.29, 1.82) is 0 Å². The lowest BCUT2D eigenvalue weighted by Crippen LogP contribution is -2.15. The van der Waals surface area contributed by atoms with Crippen molar-refractivity contribution in [2.24, 2.45) is 4.99 Å². The fourth-order valence-electron chi connectivity index (χ4n) is 8.62. The van der Waals surface area contributed by atoms with Crippen LogP contribution in [0.1, 0.15) is 48.9 Å². The average molecular weight is 614 g/mol. The maximum Gasteiger partial charge on any atom is 0.0671 e. The first-order valence-corrected chi connectivity index (χ1v) is 17.3. The number of nitrogens with zero attached hydrogens (tertiary/aromatic N) is 1. The predicted octanol–water partition coefficient (Wildman–Crippen LogP) is 12.7. The first kappa shape index (κ1) is 27.6. The van der Waals surface area contributed by atoms with Crippen LogP contribution in [0.4, 0.5) is 5.69 Å². The number of benzene rings is 8. The van der Waals surface area contributed by atoms with E-state index in [4.69, 9.17) is 4.99 Å². The van der Waals surface area contributed by atoms with E-state index in [1.807, 2.05) is 0 Å². The van der Waals surface area contributed by atoms with Gasteiger partial charge in [-0.05, 0) is 125 Å². The van der Waals surface area contributed by atoms with Crippen molar-refractivity contribution in [1.82, 2.24) is 0 Å². The largest absolute Gasteiger partial charge is 0.253 e. The summed E-state index contributed by atoms with van der Waals surface area (Å²) in [5.41, 5.74) is 15.3. The fourth-order valence-corrected chi connectivity index (χ4v) is 8.62. The molecule has 0 fully saturated rings. The number of aryl methyl sites for hydroxylation is 1. The van der Waals surface area contributed by atoms with Gasteiger partial charge in [0, 0.05) is 11.1 Å². The van der Waals surface area contributed by atoms with E-state index in [2.05, 4.69) is 153 Å². The summed E-state index contributed by atoms with van der Waals surface area (Å²) >= 11 is 0. The molecule has 0 saturated carbocycles. The second kappa shape index (κ2) is 10.2. The molecule has 0 atom stereocenters. The third-order valence-electron chi connectivity index (χ3n) is 11.2. The topological polar surface area (TPSA) is 12.4 Å². The molecule has 0 amide bonds. The van der Waals surface area contributed by atoms with Crippen LogP contribution in [-0.2, 0) is 11.8 Å². The highest BCUT2D eigenvalue weighted by atomic mass is 14.8. The summed E-state index contributed by atoms with van der Waals surface area (Å²) in [7, 11) is 0. The molecule has 0 N–H and O–H groups in total. The van der Waals surface area contributed by atoms with E-state index in [1.54, 1.807) is 0 Å². The molecular weight excluding hydrogens is 579 g/mol. The molecule has 0 radical (unpaired) electrons. The molecule has 1 heterocycles. The van der Waals surface area contributed by atoms with Gasteiger partial charge in [0.2, 0.25) is 0 Å².